The van der Waals surface area contributed by atoms with E-state index < -0.39 is 0 Å². The van der Waals surface area contributed by atoms with Crippen LogP contribution >= 0.6 is 0 Å². The summed E-state index contributed by atoms with van der Waals surface area (Å²) in [7, 11) is 0. The Balaban J connectivity index is 0. The van der Waals surface area contributed by atoms with Gasteiger partial charge < -0.3 is 0 Å². The van der Waals surface area contributed by atoms with Crippen molar-refractivity contribution in [2.45, 2.75) is 0 Å². The van der Waals surface area contributed by atoms with Gasteiger partial charge in [0.15, 0.2) is 17.4 Å². The monoisotopic (exact) mass is 199 g/mol. The molecule has 0 bridgehead atoms. The normalized spacial score (nSPS) is 0. The van der Waals surface area contributed by atoms with Gasteiger partial charge in [0, 0.05) is 55.3 Å². The third-order valence-corrected chi connectivity index (χ3v) is 0. The summed E-state index contributed by atoms with van der Waals surface area (Å²) in [4.78, 5) is 0. The summed E-state index contributed by atoms with van der Waals surface area (Å²) in [5.41, 5.74) is 0. The molecule has 0 aromatic carbocycles. The molecule has 0 aliphatic rings. The molecule has 0 saturated carbocycles. The van der Waals surface area contributed by atoms with Gasteiger partial charge in [0.1, 0.15) is 0 Å². The van der Waals surface area contributed by atoms with E-state index in [1.54, 1.807) is 0 Å². The summed E-state index contributed by atoms with van der Waals surface area (Å²) in [6.45, 7) is 0. The maximum absolute atomic E-state index is 0. The zero-order valence-electron chi connectivity index (χ0n) is 1.12. The van der Waals surface area contributed by atoms with Gasteiger partial charge in [-0.1, -0.05) is 0 Å². The van der Waals surface area contributed by atoms with Crippen LogP contribution in [0, 0.1) is 0 Å². The molecule has 0 atom stereocenters. The van der Waals surface area contributed by atoms with Crippen molar-refractivity contribution < 1.29 is 55.3 Å². The van der Waals surface area contributed by atoms with Crippen LogP contribution in [0.1, 0.15) is 0 Å². The molecule has 0 heterocycles. The van der Waals surface area contributed by atoms with Crippen molar-refractivity contribution >= 4 is 17.4 Å². The van der Waals surface area contributed by atoms with Gasteiger partial charge >= 0.3 is 0 Å². The van der Waals surface area contributed by atoms with Crippen LogP contribution in [-0.2, 0) is 55.3 Å². The van der Waals surface area contributed by atoms with Crippen molar-refractivity contribution in [3.05, 3.63) is 0 Å². The Morgan fingerprint density at radius 3 is 1.00 bits per heavy atom. The van der Waals surface area contributed by atoms with Crippen molar-refractivity contribution in [3.8, 4) is 0 Å². The molecule has 0 rings (SSSR count). The van der Waals surface area contributed by atoms with Crippen LogP contribution in [0.4, 0.5) is 0 Å². The Hall–Kier alpha value is 2.26. The Kier molecular flexibility index (Phi) is 158. The minimum atomic E-state index is 0. The first-order valence-electron chi connectivity index (χ1n) is 0. The molecule has 0 unspecified atom stereocenters. The Labute approximate surface area is 71.9 Å². The number of hydrogen-bond acceptors (Lipinski definition) is 0. The Bertz CT molecular complexity index is 8.00. The van der Waals surface area contributed by atoms with E-state index in [4.69, 9.17) is 0 Å². The maximum atomic E-state index is 0. The first-order chi connectivity index (χ1) is 0. The Morgan fingerprint density at radius 2 is 1.00 bits per heavy atom. The molecule has 0 saturated heterocycles. The van der Waals surface area contributed by atoms with Crippen molar-refractivity contribution in [1.82, 2.24) is 0 Å². The zero-order valence-corrected chi connectivity index (χ0v) is 4.61. The molecule has 4 heavy (non-hydrogen) atoms. The molecule has 31 valence electrons. The van der Waals surface area contributed by atoms with Gasteiger partial charge in [-0.25, -0.2) is 0 Å². The summed E-state index contributed by atoms with van der Waals surface area (Å²) >= 11 is 0. The first-order valence-corrected chi connectivity index (χ1v) is 0. The summed E-state index contributed by atoms with van der Waals surface area (Å²) in [5.74, 6) is 0. The second-order valence-corrected chi connectivity index (χ2v) is 0. The predicted molar refractivity (Wildman–Crippen MR) is 9.94 cm³/mol. The van der Waals surface area contributed by atoms with Crippen LogP contribution in [-0.4, -0.2) is 17.4 Å². The van der Waals surface area contributed by atoms with Gasteiger partial charge in [0.05, 0.1) is 0 Å². The van der Waals surface area contributed by atoms with Gasteiger partial charge in [-0.2, -0.15) is 0 Å². The molecule has 0 N–H and O–H groups in total. The van der Waals surface area contributed by atoms with Crippen molar-refractivity contribution in [1.29, 1.82) is 0 Å². The quantitative estimate of drug-likeness (QED) is 0.431. The molecule has 0 fully saturated rings. The van der Waals surface area contributed by atoms with Gasteiger partial charge in [0.25, 0.3) is 0 Å². The first kappa shape index (κ1) is 33.9. The third kappa shape index (κ3) is 8.86. The molecule has 0 amide bonds. The smallest absolute Gasteiger partial charge is 0 e. The topological polar surface area (TPSA) is 0 Å². The van der Waals surface area contributed by atoms with Crippen LogP contribution in [0.25, 0.3) is 0 Å². The molecule has 1 radical (unpaired) electrons. The zero-order chi connectivity index (χ0) is 0. The molecular formula is H3AlCuNiTi. The van der Waals surface area contributed by atoms with E-state index in [-0.39, 0.29) is 72.6 Å². The molecular weight excluding hydrogens is 197 g/mol. The summed E-state index contributed by atoms with van der Waals surface area (Å²) in [5, 5.41) is 0. The molecule has 0 aromatic rings. The SMILES string of the molecule is [AlH3].[Cu].[Ni].[Ti]. The van der Waals surface area contributed by atoms with Crippen LogP contribution in [0.2, 0.25) is 0 Å². The van der Waals surface area contributed by atoms with Gasteiger partial charge in [0.2, 0.25) is 0 Å². The minimum Gasteiger partial charge on any atom is 0 e. The van der Waals surface area contributed by atoms with Crippen LogP contribution < -0.4 is 0 Å². The summed E-state index contributed by atoms with van der Waals surface area (Å²) < 4.78 is 0. The molecule has 0 aromatic heterocycles. The van der Waals surface area contributed by atoms with Crippen molar-refractivity contribution in [2.75, 3.05) is 0 Å². The molecule has 0 nitrogen and oxygen atoms in total. The van der Waals surface area contributed by atoms with E-state index in [0.29, 0.717) is 0 Å². The third-order valence-electron chi connectivity index (χ3n) is 0. The average Bonchev–Trinajstić information content (AvgIpc) is 0. The van der Waals surface area contributed by atoms with Crippen molar-refractivity contribution in [2.24, 2.45) is 0 Å². The molecule has 4 heteroatoms. The second-order valence-electron chi connectivity index (χ2n) is 0. The van der Waals surface area contributed by atoms with Gasteiger partial charge in [-0.05, 0) is 0 Å². The molecule has 0 spiro atoms. The molecule has 0 aliphatic heterocycles. The summed E-state index contributed by atoms with van der Waals surface area (Å²) in [6, 6.07) is 0. The summed E-state index contributed by atoms with van der Waals surface area (Å²) in [6.07, 6.45) is 0. The fraction of sp³-hybridized carbons (Fsp3) is 0. The Morgan fingerprint density at radius 1 is 1.00 bits per heavy atom. The van der Waals surface area contributed by atoms with Gasteiger partial charge in [-0.3, -0.25) is 0 Å². The minimum absolute atomic E-state index is 0. The fourth-order valence-corrected chi connectivity index (χ4v) is 0. The van der Waals surface area contributed by atoms with E-state index in [1.165, 1.54) is 0 Å². The van der Waals surface area contributed by atoms with E-state index in [2.05, 4.69) is 0 Å². The van der Waals surface area contributed by atoms with Crippen LogP contribution in [0.5, 0.6) is 0 Å². The second kappa shape index (κ2) is 18.7. The van der Waals surface area contributed by atoms with E-state index in [1.807, 2.05) is 0 Å². The van der Waals surface area contributed by atoms with Gasteiger partial charge in [-0.15, -0.1) is 0 Å². The van der Waals surface area contributed by atoms with E-state index in [9.17, 15) is 0 Å². The fourth-order valence-electron chi connectivity index (χ4n) is 0. The average molecular weight is 200 g/mol. The van der Waals surface area contributed by atoms with Crippen LogP contribution in [0.15, 0.2) is 0 Å². The number of hydrogen-bond donors (Lipinski definition) is 0. The van der Waals surface area contributed by atoms with Crippen LogP contribution in [0.3, 0.4) is 0 Å². The maximum Gasteiger partial charge on any atom is 0.187 e. The molecule has 0 aliphatic carbocycles. The largest absolute Gasteiger partial charge is 0.187 e. The van der Waals surface area contributed by atoms with E-state index in [0.717, 1.165) is 0 Å². The standard InChI is InChI=1S/Al.Cu.Ni.Ti.3H. The van der Waals surface area contributed by atoms with E-state index >= 15 is 0 Å². The predicted octanol–water partition coefficient (Wildman–Crippen LogP) is -1.19. The number of rotatable bonds is 0. The van der Waals surface area contributed by atoms with Crippen molar-refractivity contribution in [3.63, 3.8) is 0 Å².